The Kier molecular flexibility index (Phi) is 3.58. The molecule has 0 unspecified atom stereocenters. The van der Waals surface area contributed by atoms with Crippen LogP contribution < -0.4 is 5.56 Å². The molecule has 4 nitrogen and oxygen atoms in total. The summed E-state index contributed by atoms with van der Waals surface area (Å²) in [6.45, 7) is 3.74. The highest BCUT2D eigenvalue weighted by Crippen LogP contribution is 2.25. The first-order valence-corrected chi connectivity index (χ1v) is 7.26. The number of halogens is 2. The Labute approximate surface area is 128 Å². The molecule has 0 aliphatic heterocycles. The Morgan fingerprint density at radius 3 is 2.64 bits per heavy atom. The van der Waals surface area contributed by atoms with Gasteiger partial charge in [-0.1, -0.05) is 6.07 Å². The Morgan fingerprint density at radius 2 is 1.95 bits per heavy atom. The van der Waals surface area contributed by atoms with E-state index < -0.39 is 11.6 Å². The van der Waals surface area contributed by atoms with E-state index in [2.05, 4.69) is 10.1 Å². The van der Waals surface area contributed by atoms with Crippen LogP contribution in [0.25, 0.3) is 10.2 Å². The fraction of sp³-hybridized carbons (Fsp3) is 0.133. The maximum absolute atomic E-state index is 13.5. The smallest absolute Gasteiger partial charge is 0.267 e. The lowest BCUT2D eigenvalue weighted by Crippen LogP contribution is -2.17. The number of thiophene rings is 1. The predicted molar refractivity (Wildman–Crippen MR) is 82.7 cm³/mol. The van der Waals surface area contributed by atoms with E-state index in [0.717, 1.165) is 33.5 Å². The minimum atomic E-state index is -0.742. The predicted octanol–water partition coefficient (Wildman–Crippen LogP) is 3.24. The number of aromatic nitrogens is 2. The van der Waals surface area contributed by atoms with Crippen LogP contribution in [0.15, 0.2) is 34.4 Å². The summed E-state index contributed by atoms with van der Waals surface area (Å²) in [6, 6.07) is 3.52. The number of nitrogens with zero attached hydrogens (tertiary/aromatic N) is 3. The van der Waals surface area contributed by atoms with Crippen molar-refractivity contribution >= 4 is 27.8 Å². The van der Waals surface area contributed by atoms with E-state index in [1.54, 1.807) is 0 Å². The number of hydrogen-bond donors (Lipinski definition) is 0. The first-order valence-electron chi connectivity index (χ1n) is 6.44. The zero-order chi connectivity index (χ0) is 15.9. The van der Waals surface area contributed by atoms with Crippen molar-refractivity contribution in [2.75, 3.05) is 0 Å². The topological polar surface area (TPSA) is 47.2 Å². The fourth-order valence-corrected chi connectivity index (χ4v) is 3.05. The molecule has 0 fully saturated rings. The van der Waals surface area contributed by atoms with Crippen LogP contribution >= 0.6 is 11.3 Å². The van der Waals surface area contributed by atoms with Crippen molar-refractivity contribution in [3.63, 3.8) is 0 Å². The molecule has 0 N–H and O–H groups in total. The number of rotatable bonds is 2. The van der Waals surface area contributed by atoms with Crippen LogP contribution in [-0.4, -0.2) is 15.9 Å². The molecule has 2 heterocycles. The van der Waals surface area contributed by atoms with Crippen LogP contribution in [0.2, 0.25) is 0 Å². The lowest BCUT2D eigenvalue weighted by Gasteiger charge is -2.00. The summed E-state index contributed by atoms with van der Waals surface area (Å²) < 4.78 is 28.1. The average molecular weight is 319 g/mol. The van der Waals surface area contributed by atoms with Crippen molar-refractivity contribution in [1.29, 1.82) is 0 Å². The Hall–Kier alpha value is -2.41. The summed E-state index contributed by atoms with van der Waals surface area (Å²) in [6.07, 6.45) is 2.23. The summed E-state index contributed by atoms with van der Waals surface area (Å²) in [5.74, 6) is -1.48. The van der Waals surface area contributed by atoms with Crippen LogP contribution in [0.1, 0.15) is 16.0 Å². The van der Waals surface area contributed by atoms with Crippen LogP contribution in [0.4, 0.5) is 8.78 Å². The van der Waals surface area contributed by atoms with Gasteiger partial charge >= 0.3 is 0 Å². The third-order valence-corrected chi connectivity index (χ3v) is 4.50. The van der Waals surface area contributed by atoms with Crippen LogP contribution in [0.3, 0.4) is 0 Å². The van der Waals surface area contributed by atoms with Crippen molar-refractivity contribution < 1.29 is 8.78 Å². The quantitative estimate of drug-likeness (QED) is 0.681. The minimum absolute atomic E-state index is 0.298. The van der Waals surface area contributed by atoms with E-state index >= 15 is 0 Å². The molecule has 0 saturated carbocycles. The van der Waals surface area contributed by atoms with Gasteiger partial charge in [0.15, 0.2) is 0 Å². The second-order valence-electron chi connectivity index (χ2n) is 4.74. The molecule has 3 rings (SSSR count). The first-order chi connectivity index (χ1) is 10.5. The average Bonchev–Trinajstić information content (AvgIpc) is 2.76. The molecule has 1 aromatic carbocycles. The van der Waals surface area contributed by atoms with E-state index in [0.29, 0.717) is 10.2 Å². The molecule has 112 valence electrons. The molecule has 0 aliphatic carbocycles. The number of fused-ring (bicyclic) bond motifs is 1. The van der Waals surface area contributed by atoms with Crippen LogP contribution in [0.5, 0.6) is 0 Å². The highest BCUT2D eigenvalue weighted by Gasteiger charge is 2.12. The van der Waals surface area contributed by atoms with Gasteiger partial charge in [0.1, 0.15) is 22.8 Å². The van der Waals surface area contributed by atoms with E-state index in [1.165, 1.54) is 23.7 Å². The zero-order valence-corrected chi connectivity index (χ0v) is 12.6. The van der Waals surface area contributed by atoms with Crippen molar-refractivity contribution in [2.45, 2.75) is 13.8 Å². The van der Waals surface area contributed by atoms with Gasteiger partial charge in [-0.05, 0) is 31.5 Å². The van der Waals surface area contributed by atoms with Crippen LogP contribution in [-0.2, 0) is 0 Å². The van der Waals surface area contributed by atoms with E-state index in [4.69, 9.17) is 0 Å². The van der Waals surface area contributed by atoms with Crippen molar-refractivity contribution in [3.05, 3.63) is 62.5 Å². The van der Waals surface area contributed by atoms with Gasteiger partial charge in [-0.3, -0.25) is 4.79 Å². The molecule has 22 heavy (non-hydrogen) atoms. The molecule has 0 saturated heterocycles. The number of benzene rings is 1. The zero-order valence-electron chi connectivity index (χ0n) is 11.8. The summed E-state index contributed by atoms with van der Waals surface area (Å²) in [5, 5.41) is 4.32. The van der Waals surface area contributed by atoms with Gasteiger partial charge in [0.25, 0.3) is 5.56 Å². The van der Waals surface area contributed by atoms with Gasteiger partial charge in [-0.25, -0.2) is 13.8 Å². The van der Waals surface area contributed by atoms with Gasteiger partial charge in [-0.2, -0.15) is 9.78 Å². The summed E-state index contributed by atoms with van der Waals surface area (Å²) in [5.41, 5.74) is 0.187. The van der Waals surface area contributed by atoms with Gasteiger partial charge in [0, 0.05) is 4.88 Å². The van der Waals surface area contributed by atoms with Crippen molar-refractivity contribution in [2.24, 2.45) is 5.10 Å². The molecular formula is C15H11F2N3OS. The second-order valence-corrected chi connectivity index (χ2v) is 5.94. The fourth-order valence-electron chi connectivity index (χ4n) is 2.06. The number of hydrogen-bond acceptors (Lipinski definition) is 4. The highest BCUT2D eigenvalue weighted by molar-refractivity contribution is 7.18. The minimum Gasteiger partial charge on any atom is -0.267 e. The molecule has 0 radical (unpaired) electrons. The Balaban J connectivity index is 2.12. The highest BCUT2D eigenvalue weighted by atomic mass is 32.1. The third-order valence-electron chi connectivity index (χ3n) is 3.38. The maximum atomic E-state index is 13.5. The first kappa shape index (κ1) is 14.5. The second kappa shape index (κ2) is 5.42. The van der Waals surface area contributed by atoms with Crippen LogP contribution in [0, 0.1) is 25.5 Å². The van der Waals surface area contributed by atoms with E-state index in [-0.39, 0.29) is 11.1 Å². The van der Waals surface area contributed by atoms with Crippen molar-refractivity contribution in [1.82, 2.24) is 9.66 Å². The standard InChI is InChI=1S/C15H11F2N3OS/c1-8-9(2)22-14-13(8)15(21)20(7-18-14)19-6-10-11(16)4-3-5-12(10)17/h3-7H,1-2H3/b19-6-. The molecule has 0 spiro atoms. The summed E-state index contributed by atoms with van der Waals surface area (Å²) in [4.78, 5) is 18.2. The number of aryl methyl sites for hydroxylation is 2. The SMILES string of the molecule is Cc1sc2ncn(/N=C\c3c(F)cccc3F)c(=O)c2c1C. The Bertz CT molecular complexity index is 939. The third kappa shape index (κ3) is 2.33. The van der Waals surface area contributed by atoms with E-state index in [1.807, 2.05) is 13.8 Å². The molecule has 0 amide bonds. The summed E-state index contributed by atoms with van der Waals surface area (Å²) in [7, 11) is 0. The van der Waals surface area contributed by atoms with Gasteiger partial charge < -0.3 is 0 Å². The Morgan fingerprint density at radius 1 is 1.27 bits per heavy atom. The molecule has 7 heteroatoms. The van der Waals surface area contributed by atoms with Gasteiger partial charge in [0.05, 0.1) is 17.2 Å². The molecule has 0 atom stereocenters. The normalized spacial score (nSPS) is 11.6. The molecular weight excluding hydrogens is 308 g/mol. The maximum Gasteiger partial charge on any atom is 0.282 e. The molecule has 3 aromatic rings. The van der Waals surface area contributed by atoms with Gasteiger partial charge in [0.2, 0.25) is 0 Å². The van der Waals surface area contributed by atoms with Crippen molar-refractivity contribution in [3.8, 4) is 0 Å². The molecule has 0 bridgehead atoms. The van der Waals surface area contributed by atoms with Gasteiger partial charge in [-0.15, -0.1) is 11.3 Å². The lowest BCUT2D eigenvalue weighted by atomic mass is 10.2. The molecule has 0 aliphatic rings. The van der Waals surface area contributed by atoms with E-state index in [9.17, 15) is 13.6 Å². The monoisotopic (exact) mass is 319 g/mol. The largest absolute Gasteiger partial charge is 0.282 e. The lowest BCUT2D eigenvalue weighted by molar-refractivity contribution is 0.579. The summed E-state index contributed by atoms with van der Waals surface area (Å²) >= 11 is 1.42. The molecule has 2 aromatic heterocycles.